The van der Waals surface area contributed by atoms with Crippen LogP contribution in [0.15, 0.2) is 24.3 Å². The molecule has 1 fully saturated rings. The fraction of sp³-hybridized carbons (Fsp3) is 0.467. The highest BCUT2D eigenvalue weighted by atomic mass is 16.2. The van der Waals surface area contributed by atoms with E-state index in [1.807, 2.05) is 29.2 Å². The summed E-state index contributed by atoms with van der Waals surface area (Å²) in [6.07, 6.45) is 3.01. The van der Waals surface area contributed by atoms with Gasteiger partial charge in [0.1, 0.15) is 0 Å². The minimum absolute atomic E-state index is 0.0635. The maximum atomic E-state index is 12.3. The number of hydrogen-bond donors (Lipinski definition) is 0. The first-order valence-corrected chi connectivity index (χ1v) is 6.82. The Bertz CT molecular complexity index is 434. The lowest BCUT2D eigenvalue weighted by Crippen LogP contribution is -2.48. The average molecular weight is 260 g/mol. The van der Waals surface area contributed by atoms with E-state index in [0.29, 0.717) is 26.2 Å². The lowest BCUT2D eigenvalue weighted by molar-refractivity contribution is -0.119. The van der Waals surface area contributed by atoms with Crippen LogP contribution in [-0.4, -0.2) is 48.3 Å². The van der Waals surface area contributed by atoms with Gasteiger partial charge in [0.2, 0.25) is 6.41 Å². The van der Waals surface area contributed by atoms with E-state index in [-0.39, 0.29) is 5.91 Å². The van der Waals surface area contributed by atoms with Crippen molar-refractivity contribution in [2.45, 2.75) is 19.8 Å². The van der Waals surface area contributed by atoms with Crippen molar-refractivity contribution >= 4 is 12.3 Å². The summed E-state index contributed by atoms with van der Waals surface area (Å²) in [5.74, 6) is 0.0635. The summed E-state index contributed by atoms with van der Waals surface area (Å²) in [5.41, 5.74) is 2.00. The molecule has 4 heteroatoms. The number of carbonyl (C=O) groups is 2. The van der Waals surface area contributed by atoms with Crippen molar-refractivity contribution in [2.24, 2.45) is 0 Å². The van der Waals surface area contributed by atoms with E-state index >= 15 is 0 Å². The summed E-state index contributed by atoms with van der Waals surface area (Å²) in [4.78, 5) is 26.4. The van der Waals surface area contributed by atoms with E-state index < -0.39 is 0 Å². The van der Waals surface area contributed by atoms with Crippen molar-refractivity contribution in [1.82, 2.24) is 9.80 Å². The third-order valence-electron chi connectivity index (χ3n) is 3.49. The van der Waals surface area contributed by atoms with Crippen molar-refractivity contribution in [3.05, 3.63) is 35.4 Å². The minimum Gasteiger partial charge on any atom is -0.342 e. The quantitative estimate of drug-likeness (QED) is 0.771. The van der Waals surface area contributed by atoms with Crippen molar-refractivity contribution < 1.29 is 9.59 Å². The number of aryl methyl sites for hydroxylation is 1. The van der Waals surface area contributed by atoms with Crippen LogP contribution in [0.2, 0.25) is 0 Å². The summed E-state index contributed by atoms with van der Waals surface area (Å²) in [5, 5.41) is 0. The molecule has 2 rings (SSSR count). The maximum absolute atomic E-state index is 12.3. The molecule has 0 spiro atoms. The van der Waals surface area contributed by atoms with E-state index in [2.05, 4.69) is 6.92 Å². The number of hydrogen-bond acceptors (Lipinski definition) is 2. The van der Waals surface area contributed by atoms with Crippen LogP contribution in [0.3, 0.4) is 0 Å². The number of carbonyl (C=O) groups excluding carboxylic acids is 2. The van der Waals surface area contributed by atoms with Crippen molar-refractivity contribution in [1.29, 1.82) is 0 Å². The second-order valence-electron chi connectivity index (χ2n) is 4.88. The Hall–Kier alpha value is -1.84. The third-order valence-corrected chi connectivity index (χ3v) is 3.49. The van der Waals surface area contributed by atoms with Crippen LogP contribution < -0.4 is 0 Å². The van der Waals surface area contributed by atoms with Crippen LogP contribution in [0.5, 0.6) is 0 Å². The van der Waals surface area contributed by atoms with Gasteiger partial charge < -0.3 is 9.80 Å². The summed E-state index contributed by atoms with van der Waals surface area (Å²) in [6.45, 7) is 4.64. The zero-order valence-electron chi connectivity index (χ0n) is 11.3. The molecule has 1 saturated heterocycles. The molecule has 0 atom stereocenters. The molecule has 1 aliphatic heterocycles. The number of piperazine rings is 1. The number of rotatable bonds is 4. The molecule has 0 saturated carbocycles. The first kappa shape index (κ1) is 13.6. The fourth-order valence-electron chi connectivity index (χ4n) is 2.32. The van der Waals surface area contributed by atoms with E-state index in [1.165, 1.54) is 5.56 Å². The molecule has 1 aromatic carbocycles. The second-order valence-corrected chi connectivity index (χ2v) is 4.88. The summed E-state index contributed by atoms with van der Waals surface area (Å²) in [7, 11) is 0. The Morgan fingerprint density at radius 1 is 1.16 bits per heavy atom. The zero-order chi connectivity index (χ0) is 13.7. The third kappa shape index (κ3) is 3.34. The van der Waals surface area contributed by atoms with Crippen LogP contribution >= 0.6 is 0 Å². The Morgan fingerprint density at radius 3 is 2.32 bits per heavy atom. The topological polar surface area (TPSA) is 40.6 Å². The largest absolute Gasteiger partial charge is 0.342 e. The second kappa shape index (κ2) is 6.36. The Labute approximate surface area is 114 Å². The molecular weight excluding hydrogens is 240 g/mol. The molecule has 0 N–H and O–H groups in total. The lowest BCUT2D eigenvalue weighted by atomic mass is 10.1. The van der Waals surface area contributed by atoms with Crippen molar-refractivity contribution in [3.63, 3.8) is 0 Å². The highest BCUT2D eigenvalue weighted by molar-refractivity contribution is 5.94. The molecule has 2 amide bonds. The van der Waals surface area contributed by atoms with Gasteiger partial charge in [-0.3, -0.25) is 9.59 Å². The van der Waals surface area contributed by atoms with Gasteiger partial charge in [-0.05, 0) is 24.1 Å². The number of amides is 2. The normalized spacial score (nSPS) is 15.4. The first-order chi connectivity index (χ1) is 9.24. The Kier molecular flexibility index (Phi) is 4.55. The Balaban J connectivity index is 1.97. The number of nitrogens with zero attached hydrogens (tertiary/aromatic N) is 2. The van der Waals surface area contributed by atoms with Crippen LogP contribution in [0.4, 0.5) is 0 Å². The van der Waals surface area contributed by atoms with Crippen LogP contribution in [0.1, 0.15) is 29.3 Å². The standard InChI is InChI=1S/C15H20N2O2/c1-2-3-13-4-6-14(7-5-13)15(19)17-10-8-16(12-18)9-11-17/h4-7,12H,2-3,8-11H2,1H3. The zero-order valence-corrected chi connectivity index (χ0v) is 11.3. The van der Waals surface area contributed by atoms with Gasteiger partial charge in [-0.2, -0.15) is 0 Å². The first-order valence-electron chi connectivity index (χ1n) is 6.82. The minimum atomic E-state index is 0.0635. The summed E-state index contributed by atoms with van der Waals surface area (Å²) in [6, 6.07) is 7.86. The smallest absolute Gasteiger partial charge is 0.253 e. The van der Waals surface area contributed by atoms with Gasteiger partial charge in [0.05, 0.1) is 0 Å². The molecule has 1 heterocycles. The monoisotopic (exact) mass is 260 g/mol. The highest BCUT2D eigenvalue weighted by Gasteiger charge is 2.20. The lowest BCUT2D eigenvalue weighted by Gasteiger charge is -2.32. The van der Waals surface area contributed by atoms with Crippen LogP contribution in [-0.2, 0) is 11.2 Å². The molecule has 0 aliphatic carbocycles. The molecule has 1 aromatic rings. The molecule has 0 bridgehead atoms. The molecule has 19 heavy (non-hydrogen) atoms. The predicted molar refractivity (Wildman–Crippen MR) is 74.0 cm³/mol. The summed E-state index contributed by atoms with van der Waals surface area (Å²) < 4.78 is 0. The molecule has 0 unspecified atom stereocenters. The maximum Gasteiger partial charge on any atom is 0.253 e. The molecule has 4 nitrogen and oxygen atoms in total. The van der Waals surface area contributed by atoms with Crippen LogP contribution in [0.25, 0.3) is 0 Å². The van der Waals surface area contributed by atoms with E-state index in [0.717, 1.165) is 24.8 Å². The van der Waals surface area contributed by atoms with Crippen molar-refractivity contribution in [3.8, 4) is 0 Å². The van der Waals surface area contributed by atoms with Gasteiger partial charge in [0, 0.05) is 31.7 Å². The Morgan fingerprint density at radius 2 is 1.79 bits per heavy atom. The van der Waals surface area contributed by atoms with E-state index in [4.69, 9.17) is 0 Å². The molecule has 0 radical (unpaired) electrons. The van der Waals surface area contributed by atoms with Crippen LogP contribution in [0, 0.1) is 0 Å². The summed E-state index contributed by atoms with van der Waals surface area (Å²) >= 11 is 0. The van der Waals surface area contributed by atoms with Gasteiger partial charge >= 0.3 is 0 Å². The van der Waals surface area contributed by atoms with Gasteiger partial charge in [-0.25, -0.2) is 0 Å². The molecule has 0 aromatic heterocycles. The predicted octanol–water partition coefficient (Wildman–Crippen LogP) is 1.55. The van der Waals surface area contributed by atoms with Gasteiger partial charge in [0.25, 0.3) is 5.91 Å². The van der Waals surface area contributed by atoms with E-state index in [9.17, 15) is 9.59 Å². The number of benzene rings is 1. The molecule has 1 aliphatic rings. The van der Waals surface area contributed by atoms with Gasteiger partial charge in [-0.15, -0.1) is 0 Å². The SMILES string of the molecule is CCCc1ccc(C(=O)N2CCN(C=O)CC2)cc1. The van der Waals surface area contributed by atoms with Crippen molar-refractivity contribution in [2.75, 3.05) is 26.2 Å². The molecular formula is C15H20N2O2. The van der Waals surface area contributed by atoms with E-state index in [1.54, 1.807) is 4.90 Å². The fourth-order valence-corrected chi connectivity index (χ4v) is 2.32. The van der Waals surface area contributed by atoms with Gasteiger partial charge in [0.15, 0.2) is 0 Å². The van der Waals surface area contributed by atoms with Gasteiger partial charge in [-0.1, -0.05) is 25.5 Å². The highest BCUT2D eigenvalue weighted by Crippen LogP contribution is 2.11. The average Bonchev–Trinajstić information content (AvgIpc) is 2.48. The molecule has 102 valence electrons.